The molecule has 1 aliphatic rings. The standard InChI is InChI=1S/C12H15N3OS2/c1-2-10(18-12-14-6-7-17-12)11(16)15-9-4-3-5-13-8-9/h3-5,8,10H,2,6-7H2,1H3,(H,15,16). The van der Waals surface area contributed by atoms with Crippen molar-refractivity contribution in [2.75, 3.05) is 17.6 Å². The quantitative estimate of drug-likeness (QED) is 0.922. The summed E-state index contributed by atoms with van der Waals surface area (Å²) in [6.07, 6.45) is 4.12. The number of nitrogens with zero attached hydrogens (tertiary/aromatic N) is 2. The van der Waals surface area contributed by atoms with E-state index in [-0.39, 0.29) is 11.2 Å². The summed E-state index contributed by atoms with van der Waals surface area (Å²) in [5.74, 6) is 1.05. The molecular formula is C12H15N3OS2. The van der Waals surface area contributed by atoms with Gasteiger partial charge in [0.25, 0.3) is 0 Å². The molecule has 1 aromatic rings. The van der Waals surface area contributed by atoms with E-state index in [0.29, 0.717) is 0 Å². The largest absolute Gasteiger partial charge is 0.324 e. The SMILES string of the molecule is CCC(SC1=NCCS1)C(=O)Nc1cccnc1. The summed E-state index contributed by atoms with van der Waals surface area (Å²) < 4.78 is 1.03. The first-order valence-electron chi connectivity index (χ1n) is 5.84. The Bertz CT molecular complexity index is 436. The van der Waals surface area contributed by atoms with Crippen LogP contribution in [-0.4, -0.2) is 32.8 Å². The summed E-state index contributed by atoms with van der Waals surface area (Å²) in [6, 6.07) is 3.64. The van der Waals surface area contributed by atoms with E-state index in [1.54, 1.807) is 42.0 Å². The monoisotopic (exact) mass is 281 g/mol. The molecule has 1 unspecified atom stereocenters. The Morgan fingerprint density at radius 2 is 2.56 bits per heavy atom. The summed E-state index contributed by atoms with van der Waals surface area (Å²) >= 11 is 3.29. The summed E-state index contributed by atoms with van der Waals surface area (Å²) in [5, 5.41) is 2.79. The number of pyridine rings is 1. The van der Waals surface area contributed by atoms with E-state index in [0.717, 1.165) is 28.8 Å². The highest BCUT2D eigenvalue weighted by atomic mass is 32.2. The lowest BCUT2D eigenvalue weighted by molar-refractivity contribution is -0.115. The fourth-order valence-electron chi connectivity index (χ4n) is 1.49. The lowest BCUT2D eigenvalue weighted by Gasteiger charge is -2.13. The number of aromatic nitrogens is 1. The van der Waals surface area contributed by atoms with Gasteiger partial charge in [-0.1, -0.05) is 30.4 Å². The minimum Gasteiger partial charge on any atom is -0.324 e. The van der Waals surface area contributed by atoms with Crippen LogP contribution in [0.4, 0.5) is 5.69 Å². The third kappa shape index (κ3) is 3.74. The molecule has 1 aliphatic heterocycles. The maximum absolute atomic E-state index is 12.1. The van der Waals surface area contributed by atoms with Crippen molar-refractivity contribution in [2.24, 2.45) is 4.99 Å². The van der Waals surface area contributed by atoms with Crippen molar-refractivity contribution in [2.45, 2.75) is 18.6 Å². The van der Waals surface area contributed by atoms with Crippen molar-refractivity contribution in [1.82, 2.24) is 4.98 Å². The Labute approximate surface area is 115 Å². The second-order valence-corrected chi connectivity index (χ2v) is 6.28. The van der Waals surface area contributed by atoms with E-state index >= 15 is 0 Å². The lowest BCUT2D eigenvalue weighted by atomic mass is 10.3. The molecule has 1 aromatic heterocycles. The smallest absolute Gasteiger partial charge is 0.237 e. The Hall–Kier alpha value is -1.01. The lowest BCUT2D eigenvalue weighted by Crippen LogP contribution is -2.25. The molecular weight excluding hydrogens is 266 g/mol. The molecule has 18 heavy (non-hydrogen) atoms. The van der Waals surface area contributed by atoms with Crippen molar-refractivity contribution in [1.29, 1.82) is 0 Å². The molecule has 4 nitrogen and oxygen atoms in total. The van der Waals surface area contributed by atoms with Gasteiger partial charge in [-0.15, -0.1) is 0 Å². The van der Waals surface area contributed by atoms with Crippen LogP contribution in [0.3, 0.4) is 0 Å². The molecule has 1 N–H and O–H groups in total. The number of carbonyl (C=O) groups is 1. The molecule has 1 atom stereocenters. The summed E-state index contributed by atoms with van der Waals surface area (Å²) in [6.45, 7) is 2.88. The molecule has 0 aliphatic carbocycles. The van der Waals surface area contributed by atoms with Gasteiger partial charge in [-0.25, -0.2) is 0 Å². The number of aliphatic imine (C=N–C) groups is 1. The van der Waals surface area contributed by atoms with Gasteiger partial charge >= 0.3 is 0 Å². The number of anilines is 1. The van der Waals surface area contributed by atoms with Crippen molar-refractivity contribution >= 4 is 39.5 Å². The molecule has 0 saturated carbocycles. The first-order valence-corrected chi connectivity index (χ1v) is 7.71. The molecule has 1 amide bonds. The van der Waals surface area contributed by atoms with Crippen molar-refractivity contribution in [3.63, 3.8) is 0 Å². The van der Waals surface area contributed by atoms with Crippen LogP contribution < -0.4 is 5.32 Å². The number of amides is 1. The maximum atomic E-state index is 12.1. The number of hydrogen-bond donors (Lipinski definition) is 1. The van der Waals surface area contributed by atoms with Crippen LogP contribution in [0.5, 0.6) is 0 Å². The first-order chi connectivity index (χ1) is 8.79. The fraction of sp³-hybridized carbons (Fsp3) is 0.417. The normalized spacial score (nSPS) is 16.2. The molecule has 0 aromatic carbocycles. The number of rotatable bonds is 4. The predicted molar refractivity (Wildman–Crippen MR) is 79.3 cm³/mol. The zero-order chi connectivity index (χ0) is 12.8. The van der Waals surface area contributed by atoms with E-state index in [9.17, 15) is 4.79 Å². The molecule has 0 saturated heterocycles. The Balaban J connectivity index is 1.93. The van der Waals surface area contributed by atoms with E-state index in [2.05, 4.69) is 15.3 Å². The number of carbonyl (C=O) groups excluding carboxylic acids is 1. The van der Waals surface area contributed by atoms with Crippen LogP contribution in [0, 0.1) is 0 Å². The number of nitrogens with one attached hydrogen (secondary N) is 1. The second kappa shape index (κ2) is 6.80. The van der Waals surface area contributed by atoms with Gasteiger partial charge in [0.15, 0.2) is 0 Å². The summed E-state index contributed by atoms with van der Waals surface area (Å²) in [7, 11) is 0. The third-order valence-electron chi connectivity index (χ3n) is 2.39. The third-order valence-corrected chi connectivity index (χ3v) is 4.96. The van der Waals surface area contributed by atoms with Gasteiger partial charge in [0.2, 0.25) is 5.91 Å². The Morgan fingerprint density at radius 1 is 1.67 bits per heavy atom. The highest BCUT2D eigenvalue weighted by molar-refractivity contribution is 8.39. The van der Waals surface area contributed by atoms with Crippen LogP contribution in [0.25, 0.3) is 0 Å². The van der Waals surface area contributed by atoms with Crippen LogP contribution in [0.2, 0.25) is 0 Å². The van der Waals surface area contributed by atoms with Gasteiger partial charge in [0.1, 0.15) is 4.38 Å². The van der Waals surface area contributed by atoms with E-state index in [1.807, 2.05) is 13.0 Å². The van der Waals surface area contributed by atoms with Gasteiger partial charge in [-0.05, 0) is 18.6 Å². The molecule has 0 fully saturated rings. The minimum absolute atomic E-state index is 0.0192. The molecule has 0 radical (unpaired) electrons. The second-order valence-electron chi connectivity index (χ2n) is 3.74. The Morgan fingerprint density at radius 3 is 3.17 bits per heavy atom. The summed E-state index contributed by atoms with van der Waals surface area (Å²) in [5.41, 5.74) is 0.738. The van der Waals surface area contributed by atoms with Crippen LogP contribution in [0.1, 0.15) is 13.3 Å². The Kier molecular flexibility index (Phi) is 5.07. The van der Waals surface area contributed by atoms with Gasteiger partial charge in [0.05, 0.1) is 23.7 Å². The number of thioether (sulfide) groups is 2. The molecule has 6 heteroatoms. The summed E-state index contributed by atoms with van der Waals surface area (Å²) in [4.78, 5) is 20.4. The molecule has 2 heterocycles. The topological polar surface area (TPSA) is 54.4 Å². The maximum Gasteiger partial charge on any atom is 0.237 e. The van der Waals surface area contributed by atoms with Crippen LogP contribution >= 0.6 is 23.5 Å². The highest BCUT2D eigenvalue weighted by Crippen LogP contribution is 2.28. The zero-order valence-electron chi connectivity index (χ0n) is 10.1. The van der Waals surface area contributed by atoms with Crippen LogP contribution in [-0.2, 0) is 4.79 Å². The van der Waals surface area contributed by atoms with Gasteiger partial charge in [-0.3, -0.25) is 14.8 Å². The van der Waals surface area contributed by atoms with E-state index < -0.39 is 0 Å². The average molecular weight is 281 g/mol. The van der Waals surface area contributed by atoms with Gasteiger partial charge < -0.3 is 5.32 Å². The van der Waals surface area contributed by atoms with Crippen LogP contribution in [0.15, 0.2) is 29.5 Å². The van der Waals surface area contributed by atoms with Gasteiger partial charge in [-0.2, -0.15) is 0 Å². The van der Waals surface area contributed by atoms with E-state index in [4.69, 9.17) is 0 Å². The first kappa shape index (κ1) is 13.4. The van der Waals surface area contributed by atoms with Crippen molar-refractivity contribution in [3.05, 3.63) is 24.5 Å². The average Bonchev–Trinajstić information content (AvgIpc) is 2.90. The van der Waals surface area contributed by atoms with Crippen molar-refractivity contribution in [3.8, 4) is 0 Å². The zero-order valence-corrected chi connectivity index (χ0v) is 11.8. The molecule has 0 spiro atoms. The molecule has 96 valence electrons. The number of hydrogen-bond acceptors (Lipinski definition) is 5. The molecule has 2 rings (SSSR count). The predicted octanol–water partition coefficient (Wildman–Crippen LogP) is 2.63. The van der Waals surface area contributed by atoms with Gasteiger partial charge in [0, 0.05) is 11.9 Å². The fourth-order valence-corrected chi connectivity index (χ4v) is 3.64. The highest BCUT2D eigenvalue weighted by Gasteiger charge is 2.21. The van der Waals surface area contributed by atoms with Crippen molar-refractivity contribution < 1.29 is 4.79 Å². The molecule has 0 bridgehead atoms. The van der Waals surface area contributed by atoms with E-state index in [1.165, 1.54) is 0 Å². The minimum atomic E-state index is -0.0884.